The minimum atomic E-state index is -0.944. The van der Waals surface area contributed by atoms with E-state index in [0.717, 1.165) is 30.5 Å². The van der Waals surface area contributed by atoms with Crippen molar-refractivity contribution in [1.82, 2.24) is 0 Å². The number of amides is 1. The van der Waals surface area contributed by atoms with Crippen molar-refractivity contribution in [2.24, 2.45) is 0 Å². The van der Waals surface area contributed by atoms with Gasteiger partial charge in [0.05, 0.1) is 5.56 Å². The summed E-state index contributed by atoms with van der Waals surface area (Å²) in [5.41, 5.74) is 3.70. The van der Waals surface area contributed by atoms with Crippen LogP contribution in [0.3, 0.4) is 0 Å². The topological polar surface area (TPSA) is 67.4 Å². The lowest BCUT2D eigenvalue weighted by atomic mass is 10.0. The van der Waals surface area contributed by atoms with Gasteiger partial charge in [-0.15, -0.1) is 0 Å². The van der Waals surface area contributed by atoms with Gasteiger partial charge < -0.3 is 15.4 Å². The molecule has 0 unspecified atom stereocenters. The molecule has 0 spiro atoms. The van der Waals surface area contributed by atoms with Crippen LogP contribution in [0.25, 0.3) is 11.1 Å². The fraction of sp³-hybridized carbons (Fsp3) is 0.231. The Hall–Kier alpha value is -3.60. The zero-order chi connectivity index (χ0) is 22.1. The number of unbranched alkanes of at least 4 members (excludes halogenated alkanes) is 1. The molecule has 31 heavy (non-hydrogen) atoms. The molecule has 2 N–H and O–H groups in total. The Balaban J connectivity index is 1.68. The van der Waals surface area contributed by atoms with Crippen LogP contribution in [0, 0.1) is 0 Å². The van der Waals surface area contributed by atoms with Gasteiger partial charge in [-0.3, -0.25) is 4.79 Å². The van der Waals surface area contributed by atoms with Crippen molar-refractivity contribution >= 4 is 23.3 Å². The predicted molar refractivity (Wildman–Crippen MR) is 125 cm³/mol. The number of ether oxygens (including phenoxy) is 1. The van der Waals surface area contributed by atoms with Gasteiger partial charge in [0, 0.05) is 23.5 Å². The monoisotopic (exact) mass is 416 g/mol. The second-order valence-corrected chi connectivity index (χ2v) is 7.27. The number of anilines is 2. The molecule has 3 aromatic rings. The van der Waals surface area contributed by atoms with Crippen LogP contribution >= 0.6 is 0 Å². The Morgan fingerprint density at radius 3 is 2.26 bits per heavy atom. The average Bonchev–Trinajstić information content (AvgIpc) is 2.80. The molecule has 5 heteroatoms. The van der Waals surface area contributed by atoms with E-state index in [4.69, 9.17) is 4.74 Å². The second-order valence-electron chi connectivity index (χ2n) is 7.27. The molecule has 0 aliphatic rings. The number of para-hydroxylation sites is 2. The number of carbonyl (C=O) groups excluding carboxylic acids is 2. The largest absolute Gasteiger partial charge is 0.449 e. The van der Waals surface area contributed by atoms with Crippen molar-refractivity contribution in [3.63, 3.8) is 0 Å². The predicted octanol–water partition coefficient (Wildman–Crippen LogP) is 5.75. The standard InChI is InChI=1S/C26H28N2O3/c1-3-4-18-27-23-16-10-9-15-22(23)26(30)31-19(2)25(29)28-24-17-11-8-14-21(24)20-12-6-5-7-13-20/h5-17,19,27H,3-4,18H2,1-2H3,(H,28,29)/t19-/m0/s1. The Morgan fingerprint density at radius 1 is 0.871 bits per heavy atom. The van der Waals surface area contributed by atoms with Crippen LogP contribution in [-0.4, -0.2) is 24.5 Å². The van der Waals surface area contributed by atoms with Crippen molar-refractivity contribution in [3.05, 3.63) is 84.4 Å². The second kappa shape index (κ2) is 11.0. The third-order valence-corrected chi connectivity index (χ3v) is 4.92. The molecule has 0 fully saturated rings. The molecule has 0 aliphatic heterocycles. The summed E-state index contributed by atoms with van der Waals surface area (Å²) in [5.74, 6) is -0.910. The molecule has 0 saturated heterocycles. The van der Waals surface area contributed by atoms with Gasteiger partial charge in [-0.05, 0) is 37.1 Å². The lowest BCUT2D eigenvalue weighted by Gasteiger charge is -2.17. The lowest BCUT2D eigenvalue weighted by Crippen LogP contribution is -2.30. The van der Waals surface area contributed by atoms with Crippen LogP contribution in [0.4, 0.5) is 11.4 Å². The third kappa shape index (κ3) is 5.95. The summed E-state index contributed by atoms with van der Waals surface area (Å²) in [6, 6.07) is 24.6. The molecule has 0 bridgehead atoms. The Morgan fingerprint density at radius 2 is 1.52 bits per heavy atom. The first-order valence-electron chi connectivity index (χ1n) is 10.6. The van der Waals surface area contributed by atoms with E-state index >= 15 is 0 Å². The van der Waals surface area contributed by atoms with Gasteiger partial charge in [-0.1, -0.05) is 74.0 Å². The van der Waals surface area contributed by atoms with E-state index in [1.54, 1.807) is 19.1 Å². The number of carbonyl (C=O) groups is 2. The minimum absolute atomic E-state index is 0.381. The van der Waals surface area contributed by atoms with Crippen molar-refractivity contribution in [1.29, 1.82) is 0 Å². The molecular formula is C26H28N2O3. The van der Waals surface area contributed by atoms with Crippen molar-refractivity contribution in [3.8, 4) is 11.1 Å². The van der Waals surface area contributed by atoms with Gasteiger partial charge in [0.2, 0.25) is 0 Å². The maximum atomic E-state index is 12.8. The van der Waals surface area contributed by atoms with Crippen LogP contribution in [0.2, 0.25) is 0 Å². The van der Waals surface area contributed by atoms with Gasteiger partial charge in [0.25, 0.3) is 5.91 Å². The van der Waals surface area contributed by atoms with E-state index in [2.05, 4.69) is 17.6 Å². The smallest absolute Gasteiger partial charge is 0.341 e. The van der Waals surface area contributed by atoms with Crippen molar-refractivity contribution in [2.75, 3.05) is 17.2 Å². The number of esters is 1. The summed E-state index contributed by atoms with van der Waals surface area (Å²) in [6.45, 7) is 4.46. The van der Waals surface area contributed by atoms with Crippen LogP contribution in [0.5, 0.6) is 0 Å². The van der Waals surface area contributed by atoms with Gasteiger partial charge in [-0.25, -0.2) is 4.79 Å². The fourth-order valence-corrected chi connectivity index (χ4v) is 3.19. The molecule has 0 radical (unpaired) electrons. The maximum absolute atomic E-state index is 12.8. The summed E-state index contributed by atoms with van der Waals surface area (Å²) < 4.78 is 5.47. The summed E-state index contributed by atoms with van der Waals surface area (Å²) >= 11 is 0. The minimum Gasteiger partial charge on any atom is -0.449 e. The van der Waals surface area contributed by atoms with Crippen molar-refractivity contribution in [2.45, 2.75) is 32.8 Å². The maximum Gasteiger partial charge on any atom is 0.341 e. The first kappa shape index (κ1) is 22.1. The third-order valence-electron chi connectivity index (χ3n) is 4.92. The van der Waals surface area contributed by atoms with E-state index in [-0.39, 0.29) is 5.91 Å². The summed E-state index contributed by atoms with van der Waals surface area (Å²) in [7, 11) is 0. The number of hydrogen-bond donors (Lipinski definition) is 2. The fourth-order valence-electron chi connectivity index (χ4n) is 3.19. The molecule has 5 nitrogen and oxygen atoms in total. The van der Waals surface area contributed by atoms with Crippen LogP contribution < -0.4 is 10.6 Å². The Bertz CT molecular complexity index is 1020. The van der Waals surface area contributed by atoms with Crippen LogP contribution in [0.15, 0.2) is 78.9 Å². The van der Waals surface area contributed by atoms with E-state index in [0.29, 0.717) is 16.9 Å². The van der Waals surface area contributed by atoms with Gasteiger partial charge in [0.15, 0.2) is 6.10 Å². The molecule has 0 heterocycles. The summed E-state index contributed by atoms with van der Waals surface area (Å²) in [5, 5.41) is 6.15. The molecule has 3 rings (SSSR count). The lowest BCUT2D eigenvalue weighted by molar-refractivity contribution is -0.123. The molecule has 0 saturated carbocycles. The highest BCUT2D eigenvalue weighted by Crippen LogP contribution is 2.27. The van der Waals surface area contributed by atoms with E-state index in [9.17, 15) is 9.59 Å². The zero-order valence-corrected chi connectivity index (χ0v) is 17.9. The van der Waals surface area contributed by atoms with Crippen LogP contribution in [0.1, 0.15) is 37.0 Å². The van der Waals surface area contributed by atoms with Gasteiger partial charge >= 0.3 is 5.97 Å². The zero-order valence-electron chi connectivity index (χ0n) is 17.9. The number of hydrogen-bond acceptors (Lipinski definition) is 4. The quantitative estimate of drug-likeness (QED) is 0.344. The summed E-state index contributed by atoms with van der Waals surface area (Å²) in [4.78, 5) is 25.5. The first-order chi connectivity index (χ1) is 15.1. The molecule has 160 valence electrons. The van der Waals surface area contributed by atoms with Crippen LogP contribution in [-0.2, 0) is 9.53 Å². The molecule has 1 amide bonds. The van der Waals surface area contributed by atoms with E-state index in [1.165, 1.54) is 0 Å². The first-order valence-corrected chi connectivity index (χ1v) is 10.6. The normalized spacial score (nSPS) is 11.4. The SMILES string of the molecule is CCCCNc1ccccc1C(=O)O[C@@H](C)C(=O)Nc1ccccc1-c1ccccc1. The highest BCUT2D eigenvalue weighted by molar-refractivity contribution is 6.01. The summed E-state index contributed by atoms with van der Waals surface area (Å²) in [6.07, 6.45) is 1.12. The molecule has 0 aliphatic carbocycles. The molecule has 0 aromatic heterocycles. The highest BCUT2D eigenvalue weighted by atomic mass is 16.5. The number of nitrogens with one attached hydrogen (secondary N) is 2. The van der Waals surface area contributed by atoms with Crippen molar-refractivity contribution < 1.29 is 14.3 Å². The van der Waals surface area contributed by atoms with Gasteiger partial charge in [0.1, 0.15) is 0 Å². The van der Waals surface area contributed by atoms with Gasteiger partial charge in [-0.2, -0.15) is 0 Å². The molecule has 3 aromatic carbocycles. The average molecular weight is 417 g/mol. The number of rotatable bonds is 9. The highest BCUT2D eigenvalue weighted by Gasteiger charge is 2.21. The Kier molecular flexibility index (Phi) is 7.82. The van der Waals surface area contributed by atoms with E-state index < -0.39 is 12.1 Å². The molecular weight excluding hydrogens is 388 g/mol. The Labute approximate surface area is 183 Å². The van der Waals surface area contributed by atoms with E-state index in [1.807, 2.05) is 66.7 Å². The number of benzene rings is 3. The molecule has 1 atom stereocenters.